The van der Waals surface area contributed by atoms with Gasteiger partial charge in [0.25, 0.3) is 0 Å². The molecule has 40 heavy (non-hydrogen) atoms. The average Bonchev–Trinajstić information content (AvgIpc) is 3.28. The maximum atomic E-state index is 12.3. The van der Waals surface area contributed by atoms with Crippen molar-refractivity contribution in [1.82, 2.24) is 20.3 Å². The molecule has 212 valence electrons. The molecule has 15 heteroatoms. The number of hydrogen-bond acceptors (Lipinski definition) is 13. The predicted molar refractivity (Wildman–Crippen MR) is 149 cm³/mol. The first kappa shape index (κ1) is 27.6. The summed E-state index contributed by atoms with van der Waals surface area (Å²) in [5, 5.41) is 6.35. The third-order valence-corrected chi connectivity index (χ3v) is 8.46. The van der Waals surface area contributed by atoms with Gasteiger partial charge >= 0.3 is 5.97 Å². The molecule has 0 aliphatic carbocycles. The van der Waals surface area contributed by atoms with E-state index in [2.05, 4.69) is 15.6 Å². The molecule has 0 atom stereocenters. The number of fused-ring (bicyclic) bond motifs is 1. The van der Waals surface area contributed by atoms with Crippen molar-refractivity contribution >= 4 is 55.8 Å². The molecule has 1 amide bonds. The van der Waals surface area contributed by atoms with Gasteiger partial charge < -0.3 is 24.6 Å². The van der Waals surface area contributed by atoms with Crippen molar-refractivity contribution in [2.24, 2.45) is 0 Å². The molecule has 0 bridgehead atoms. The number of carbonyl (C=O) groups excluding carboxylic acids is 2. The number of hydrogen-bond donors (Lipinski definition) is 2. The lowest BCUT2D eigenvalue weighted by atomic mass is 10.2. The van der Waals surface area contributed by atoms with Crippen molar-refractivity contribution in [2.45, 2.75) is 25.3 Å². The van der Waals surface area contributed by atoms with E-state index in [1.807, 2.05) is 9.80 Å². The van der Waals surface area contributed by atoms with Crippen LogP contribution >= 0.6 is 11.3 Å². The normalized spacial score (nSPS) is 15.2. The van der Waals surface area contributed by atoms with Crippen LogP contribution in [0.1, 0.15) is 27.9 Å². The van der Waals surface area contributed by atoms with Gasteiger partial charge in [-0.1, -0.05) is 23.5 Å². The lowest BCUT2D eigenvalue weighted by Gasteiger charge is -2.35. The molecule has 0 radical (unpaired) electrons. The summed E-state index contributed by atoms with van der Waals surface area (Å²) >= 11 is 1.14. The van der Waals surface area contributed by atoms with Gasteiger partial charge in [-0.2, -0.15) is 9.97 Å². The lowest BCUT2D eigenvalue weighted by molar-refractivity contribution is -0.120. The maximum absolute atomic E-state index is 12.3. The van der Waals surface area contributed by atoms with Crippen molar-refractivity contribution in [2.75, 3.05) is 60.8 Å². The minimum absolute atomic E-state index is 0.114. The summed E-state index contributed by atoms with van der Waals surface area (Å²) in [6, 6.07) is 6.72. The second-order valence-corrected chi connectivity index (χ2v) is 12.3. The molecule has 0 spiro atoms. The number of piperazine rings is 1. The van der Waals surface area contributed by atoms with Gasteiger partial charge in [0.05, 0.1) is 30.3 Å². The number of nitrogens with zero attached hydrogens (tertiary/aromatic N) is 5. The Kier molecular flexibility index (Phi) is 7.76. The van der Waals surface area contributed by atoms with Crippen LogP contribution in [0.25, 0.3) is 0 Å². The molecule has 13 nitrogen and oxygen atoms in total. The lowest BCUT2D eigenvalue weighted by Crippen LogP contribution is -2.48. The van der Waals surface area contributed by atoms with Crippen molar-refractivity contribution < 1.29 is 27.5 Å². The summed E-state index contributed by atoms with van der Waals surface area (Å²) in [5.41, 5.74) is 1.42. The van der Waals surface area contributed by atoms with Crippen LogP contribution in [0.3, 0.4) is 0 Å². The minimum atomic E-state index is -3.30. The Bertz CT molecular complexity index is 1540. The van der Waals surface area contributed by atoms with Gasteiger partial charge in [0.2, 0.25) is 17.6 Å². The molecule has 4 heterocycles. The molecule has 2 aliphatic rings. The van der Waals surface area contributed by atoms with Crippen LogP contribution < -0.4 is 25.2 Å². The van der Waals surface area contributed by atoms with Crippen LogP contribution in [0.5, 0.6) is 5.75 Å². The van der Waals surface area contributed by atoms with Crippen LogP contribution in [0.2, 0.25) is 0 Å². The molecule has 0 saturated carbocycles. The molecule has 3 aromatic rings. The Balaban J connectivity index is 1.50. The second kappa shape index (κ2) is 11.3. The zero-order valence-electron chi connectivity index (χ0n) is 22.3. The third kappa shape index (κ3) is 5.94. The van der Waals surface area contributed by atoms with Gasteiger partial charge in [-0.15, -0.1) is 0 Å². The highest BCUT2D eigenvalue weighted by atomic mass is 32.2. The van der Waals surface area contributed by atoms with Gasteiger partial charge in [-0.3, -0.25) is 10.1 Å². The molecule has 1 fully saturated rings. The smallest absolute Gasteiger partial charge is 0.350 e. The highest BCUT2D eigenvalue weighted by Gasteiger charge is 2.30. The molecule has 2 aliphatic heterocycles. The van der Waals surface area contributed by atoms with Crippen molar-refractivity contribution in [3.05, 3.63) is 40.4 Å². The Hall–Kier alpha value is -3.98. The van der Waals surface area contributed by atoms with E-state index in [1.165, 1.54) is 6.26 Å². The highest BCUT2D eigenvalue weighted by molar-refractivity contribution is 7.90. The molecule has 2 aromatic heterocycles. The summed E-state index contributed by atoms with van der Waals surface area (Å²) < 4.78 is 34.9. The van der Waals surface area contributed by atoms with Crippen molar-refractivity contribution in [3.8, 4) is 5.75 Å². The fourth-order valence-corrected chi connectivity index (χ4v) is 5.86. The molecule has 1 saturated heterocycles. The van der Waals surface area contributed by atoms with E-state index >= 15 is 0 Å². The number of anilines is 4. The Morgan fingerprint density at radius 2 is 1.93 bits per heavy atom. The number of rotatable bonds is 8. The largest absolute Gasteiger partial charge is 0.485 e. The van der Waals surface area contributed by atoms with Crippen LogP contribution in [0.15, 0.2) is 29.2 Å². The number of amides is 1. The van der Waals surface area contributed by atoms with E-state index in [9.17, 15) is 18.0 Å². The number of aryl methyl sites for hydroxylation is 1. The van der Waals surface area contributed by atoms with E-state index in [-0.39, 0.29) is 29.9 Å². The van der Waals surface area contributed by atoms with E-state index in [0.29, 0.717) is 65.9 Å². The topological polar surface area (TPSA) is 156 Å². The number of ether oxygens (including phenoxy) is 2. The minimum Gasteiger partial charge on any atom is -0.485 e. The van der Waals surface area contributed by atoms with E-state index in [1.54, 1.807) is 38.1 Å². The first-order chi connectivity index (χ1) is 19.1. The molecule has 5 rings (SSSR count). The summed E-state index contributed by atoms with van der Waals surface area (Å²) in [4.78, 5) is 42.9. The number of benzene rings is 1. The van der Waals surface area contributed by atoms with Crippen LogP contribution in [0, 0.1) is 6.92 Å². The first-order valence-electron chi connectivity index (χ1n) is 12.6. The monoisotopic (exact) mass is 587 g/mol. The van der Waals surface area contributed by atoms with Gasteiger partial charge in [-0.25, -0.2) is 18.2 Å². The van der Waals surface area contributed by atoms with Gasteiger partial charge in [0.15, 0.2) is 26.6 Å². The quantitative estimate of drug-likeness (QED) is 0.370. The standard InChI is InChI=1S/C25H29N7O6S2/c1-4-37-23(34)20-15(2)27-25(39-20)30-24-28-21(31-10-9-26-18(33)14-31)19-22(29-24)32(11-12-38-19)13-16-5-7-17(8-6-16)40(3,35)36/h5-8H,4,9-14H2,1-3H3,(H,26,33)(H,27,28,29,30). The number of sulfone groups is 1. The molecular formula is C25H29N7O6S2. The number of nitrogens with one attached hydrogen (secondary N) is 2. The fourth-order valence-electron chi connectivity index (χ4n) is 4.37. The SMILES string of the molecule is CCOC(=O)c1sc(Nc2nc(N3CCNC(=O)C3)c3c(n2)N(Cc2ccc(S(C)(=O)=O)cc2)CCO3)nc1C. The van der Waals surface area contributed by atoms with Gasteiger partial charge in [-0.05, 0) is 31.5 Å². The molecular weight excluding hydrogens is 558 g/mol. The number of aromatic nitrogens is 3. The number of esters is 1. The summed E-state index contributed by atoms with van der Waals surface area (Å²) in [5.74, 6) is 1.11. The van der Waals surface area contributed by atoms with E-state index < -0.39 is 15.8 Å². The molecule has 0 unspecified atom stereocenters. The third-order valence-electron chi connectivity index (χ3n) is 6.28. The maximum Gasteiger partial charge on any atom is 0.350 e. The summed E-state index contributed by atoms with van der Waals surface area (Å²) in [6.07, 6.45) is 1.17. The van der Waals surface area contributed by atoms with Crippen LogP contribution in [0.4, 0.5) is 22.7 Å². The van der Waals surface area contributed by atoms with E-state index in [4.69, 9.17) is 19.4 Å². The van der Waals surface area contributed by atoms with Gasteiger partial charge in [0.1, 0.15) is 11.5 Å². The van der Waals surface area contributed by atoms with Gasteiger partial charge in [0, 0.05) is 25.9 Å². The second-order valence-electron chi connectivity index (χ2n) is 9.26. The highest BCUT2D eigenvalue weighted by Crippen LogP contribution is 2.40. The van der Waals surface area contributed by atoms with Crippen LogP contribution in [-0.4, -0.2) is 80.9 Å². The predicted octanol–water partition coefficient (Wildman–Crippen LogP) is 1.90. The first-order valence-corrected chi connectivity index (χ1v) is 15.3. The fraction of sp³-hybridized carbons (Fsp3) is 0.400. The Morgan fingerprint density at radius 1 is 1.18 bits per heavy atom. The number of thiazole rings is 1. The van der Waals surface area contributed by atoms with E-state index in [0.717, 1.165) is 16.9 Å². The Morgan fingerprint density at radius 3 is 2.62 bits per heavy atom. The average molecular weight is 588 g/mol. The zero-order chi connectivity index (χ0) is 28.4. The van der Waals surface area contributed by atoms with Crippen molar-refractivity contribution in [3.63, 3.8) is 0 Å². The summed E-state index contributed by atoms with van der Waals surface area (Å²) in [6.45, 7) is 6.19. The zero-order valence-corrected chi connectivity index (χ0v) is 23.9. The summed E-state index contributed by atoms with van der Waals surface area (Å²) in [7, 11) is -3.30. The van der Waals surface area contributed by atoms with Crippen LogP contribution in [-0.2, 0) is 25.9 Å². The molecule has 1 aromatic carbocycles. The molecule has 2 N–H and O–H groups in total. The number of carbonyl (C=O) groups is 2. The Labute approximate surface area is 235 Å². The van der Waals surface area contributed by atoms with Crippen molar-refractivity contribution in [1.29, 1.82) is 0 Å².